The van der Waals surface area contributed by atoms with Crippen LogP contribution >= 0.6 is 0 Å². The Hall–Kier alpha value is -7.38. The average molecular weight is 753 g/mol. The van der Waals surface area contributed by atoms with Gasteiger partial charge >= 0.3 is 0 Å². The molecule has 0 spiro atoms. The molecular weight excluding hydrogens is 713 g/mol. The highest BCUT2D eigenvalue weighted by Crippen LogP contribution is 2.45. The number of rotatable bonds is 6. The lowest BCUT2D eigenvalue weighted by molar-refractivity contribution is 0.483. The molecule has 11 rings (SSSR count). The van der Waals surface area contributed by atoms with Crippen LogP contribution in [0.4, 0.5) is 22.9 Å². The Balaban J connectivity index is 0.951. The number of pyridine rings is 2. The zero-order valence-electron chi connectivity index (χ0n) is 32.5. The van der Waals surface area contributed by atoms with Gasteiger partial charge in [-0.05, 0) is 95.9 Å². The summed E-state index contributed by atoms with van der Waals surface area (Å²) >= 11 is 0. The molecule has 280 valence electrons. The smallest absolute Gasteiger partial charge is 0.158 e. The molecule has 10 aromatic rings. The molecule has 1 aliphatic rings. The highest BCUT2D eigenvalue weighted by molar-refractivity contribution is 6.11. The number of hydrogen-bond donors (Lipinski definition) is 0. The summed E-state index contributed by atoms with van der Waals surface area (Å²) in [6.07, 6.45) is 3.78. The zero-order valence-corrected chi connectivity index (χ0v) is 32.5. The monoisotopic (exact) mass is 752 g/mol. The molecule has 0 saturated heterocycles. The van der Waals surface area contributed by atoms with Crippen molar-refractivity contribution in [1.29, 1.82) is 0 Å². The maximum absolute atomic E-state index is 6.69. The number of ether oxygens (including phenoxy) is 1. The van der Waals surface area contributed by atoms with Gasteiger partial charge < -0.3 is 19.1 Å². The second-order valence-electron chi connectivity index (χ2n) is 16.0. The summed E-state index contributed by atoms with van der Waals surface area (Å²) in [6, 6.07) is 57.7. The summed E-state index contributed by atoms with van der Waals surface area (Å²) in [4.78, 5) is 14.4. The largest absolute Gasteiger partial charge is 0.457 e. The molecule has 0 radical (unpaired) electrons. The van der Waals surface area contributed by atoms with Crippen LogP contribution in [0.5, 0.6) is 11.5 Å². The third-order valence-electron chi connectivity index (χ3n) is 11.4. The maximum Gasteiger partial charge on any atom is 0.158 e. The molecule has 6 aromatic carbocycles. The lowest BCUT2D eigenvalue weighted by atomic mass is 9.88. The van der Waals surface area contributed by atoms with Crippen LogP contribution < -0.4 is 14.5 Å². The quantitative estimate of drug-likeness (QED) is 0.169. The van der Waals surface area contributed by atoms with Crippen LogP contribution in [0.25, 0.3) is 55.1 Å². The molecule has 0 N–H and O–H groups in total. The predicted octanol–water partition coefficient (Wildman–Crippen LogP) is 13.0. The van der Waals surface area contributed by atoms with E-state index in [0.717, 1.165) is 67.8 Å². The minimum Gasteiger partial charge on any atom is -0.457 e. The van der Waals surface area contributed by atoms with E-state index < -0.39 is 0 Å². The molecule has 0 fully saturated rings. The van der Waals surface area contributed by atoms with E-state index in [1.54, 1.807) is 0 Å². The fourth-order valence-corrected chi connectivity index (χ4v) is 8.62. The summed E-state index contributed by atoms with van der Waals surface area (Å²) in [5.41, 5.74) is 10.0. The Morgan fingerprint density at radius 2 is 1.12 bits per heavy atom. The van der Waals surface area contributed by atoms with Crippen LogP contribution in [-0.4, -0.2) is 25.8 Å². The number of fused-ring (bicyclic) bond motifs is 7. The van der Waals surface area contributed by atoms with E-state index >= 15 is 0 Å². The van der Waals surface area contributed by atoms with Crippen molar-refractivity contribution in [2.75, 3.05) is 16.5 Å². The molecule has 4 aromatic heterocycles. The first kappa shape index (κ1) is 33.9. The van der Waals surface area contributed by atoms with Gasteiger partial charge in [0.1, 0.15) is 24.0 Å². The fraction of sp³-hybridized carbons (Fsp3) is 0.0980. The van der Waals surface area contributed by atoms with E-state index in [1.807, 2.05) is 24.5 Å². The molecule has 0 amide bonds. The van der Waals surface area contributed by atoms with Crippen LogP contribution in [0.2, 0.25) is 0 Å². The normalized spacial score (nSPS) is 12.9. The van der Waals surface area contributed by atoms with E-state index in [0.29, 0.717) is 6.67 Å². The lowest BCUT2D eigenvalue weighted by Gasteiger charge is -2.22. The SMILES string of the molecule is CC(C)(C)c1ccnc(-n2c3ccccc3c3ccc(Oc4cccc(N5CN(c6ccc7c8ccccc8n(-c8ccccc8)c7c6)c6cccnc65)c4)cc32)c1. The summed E-state index contributed by atoms with van der Waals surface area (Å²) in [6.45, 7) is 7.30. The summed E-state index contributed by atoms with van der Waals surface area (Å²) in [5.74, 6) is 3.30. The molecule has 7 nitrogen and oxygen atoms in total. The molecule has 0 saturated carbocycles. The van der Waals surface area contributed by atoms with E-state index in [9.17, 15) is 0 Å². The minimum atomic E-state index is -0.00453. The van der Waals surface area contributed by atoms with Gasteiger partial charge in [-0.1, -0.05) is 87.5 Å². The van der Waals surface area contributed by atoms with Gasteiger partial charge in [0, 0.05) is 63.1 Å². The molecule has 0 aliphatic carbocycles. The summed E-state index contributed by atoms with van der Waals surface area (Å²) in [7, 11) is 0. The molecule has 7 heteroatoms. The van der Waals surface area contributed by atoms with Gasteiger partial charge in [-0.2, -0.15) is 0 Å². The topological polar surface area (TPSA) is 51.4 Å². The molecular formula is C51H40N6O. The standard InChI is InChI=1S/C51H40N6O/c1-51(2,3)34-26-28-52-49(29-34)57-45-20-10-8-18-41(45)43-25-23-39(32-48(43)57)58-38-16-11-15-36(30-38)55-33-54(46-21-12-27-53-50(46)55)37-22-24-42-40-17-7-9-19-44(40)56(47(42)31-37)35-13-5-4-6-14-35/h4-32H,33H2,1-3H3. The predicted molar refractivity (Wildman–Crippen MR) is 238 cm³/mol. The van der Waals surface area contributed by atoms with E-state index in [-0.39, 0.29) is 5.41 Å². The number of hydrogen-bond acceptors (Lipinski definition) is 5. The van der Waals surface area contributed by atoms with E-state index in [1.165, 1.54) is 27.2 Å². The van der Waals surface area contributed by atoms with Gasteiger partial charge in [-0.25, -0.2) is 9.97 Å². The van der Waals surface area contributed by atoms with Gasteiger partial charge in [-0.15, -0.1) is 0 Å². The molecule has 0 atom stereocenters. The van der Waals surface area contributed by atoms with Gasteiger partial charge in [0.05, 0.1) is 27.8 Å². The van der Waals surface area contributed by atoms with Gasteiger partial charge in [0.2, 0.25) is 0 Å². The average Bonchev–Trinajstić information content (AvgIpc) is 3.91. The number of nitrogens with zero attached hydrogens (tertiary/aromatic N) is 6. The highest BCUT2D eigenvalue weighted by Gasteiger charge is 2.30. The van der Waals surface area contributed by atoms with Crippen LogP contribution in [0.3, 0.4) is 0 Å². The Morgan fingerprint density at radius 3 is 1.91 bits per heavy atom. The van der Waals surface area contributed by atoms with Crippen molar-refractivity contribution < 1.29 is 4.74 Å². The Bertz CT molecular complexity index is 3190. The number of para-hydroxylation sites is 3. The van der Waals surface area contributed by atoms with Crippen molar-refractivity contribution in [3.8, 4) is 23.0 Å². The van der Waals surface area contributed by atoms with Gasteiger partial charge in [0.15, 0.2) is 5.82 Å². The van der Waals surface area contributed by atoms with E-state index in [4.69, 9.17) is 14.7 Å². The second-order valence-corrected chi connectivity index (χ2v) is 16.0. The molecule has 0 bridgehead atoms. The minimum absolute atomic E-state index is 0.00453. The molecule has 5 heterocycles. The Labute approximate surface area is 336 Å². The first-order valence-electron chi connectivity index (χ1n) is 19.8. The van der Waals surface area contributed by atoms with Crippen molar-refractivity contribution in [2.24, 2.45) is 0 Å². The Morgan fingerprint density at radius 1 is 0.466 bits per heavy atom. The van der Waals surface area contributed by atoms with E-state index in [2.05, 4.69) is 191 Å². The van der Waals surface area contributed by atoms with Gasteiger partial charge in [0.25, 0.3) is 0 Å². The molecule has 58 heavy (non-hydrogen) atoms. The Kier molecular flexibility index (Phi) is 7.66. The third-order valence-corrected chi connectivity index (χ3v) is 11.4. The van der Waals surface area contributed by atoms with Crippen molar-refractivity contribution >= 4 is 66.5 Å². The van der Waals surface area contributed by atoms with Crippen molar-refractivity contribution in [2.45, 2.75) is 26.2 Å². The summed E-state index contributed by atoms with van der Waals surface area (Å²) in [5, 5.41) is 4.80. The first-order chi connectivity index (χ1) is 28.4. The summed E-state index contributed by atoms with van der Waals surface area (Å²) < 4.78 is 11.3. The lowest BCUT2D eigenvalue weighted by Crippen LogP contribution is -2.24. The number of benzene rings is 6. The van der Waals surface area contributed by atoms with Crippen LogP contribution in [0.1, 0.15) is 26.3 Å². The van der Waals surface area contributed by atoms with Gasteiger partial charge in [-0.3, -0.25) is 4.57 Å². The molecule has 0 unspecified atom stereocenters. The third kappa shape index (κ3) is 5.50. The zero-order chi connectivity index (χ0) is 39.0. The van der Waals surface area contributed by atoms with Crippen LogP contribution in [0.15, 0.2) is 176 Å². The van der Waals surface area contributed by atoms with Crippen LogP contribution in [-0.2, 0) is 5.41 Å². The number of aromatic nitrogens is 4. The van der Waals surface area contributed by atoms with Crippen molar-refractivity contribution in [3.05, 3.63) is 182 Å². The molecule has 1 aliphatic heterocycles. The highest BCUT2D eigenvalue weighted by atomic mass is 16.5. The van der Waals surface area contributed by atoms with Crippen molar-refractivity contribution in [1.82, 2.24) is 19.1 Å². The second kappa shape index (κ2) is 13.1. The maximum atomic E-state index is 6.69. The first-order valence-corrected chi connectivity index (χ1v) is 19.8. The number of anilines is 4. The fourth-order valence-electron chi connectivity index (χ4n) is 8.62. The van der Waals surface area contributed by atoms with Crippen molar-refractivity contribution in [3.63, 3.8) is 0 Å². The van der Waals surface area contributed by atoms with Crippen LogP contribution in [0, 0.1) is 0 Å².